The van der Waals surface area contributed by atoms with Gasteiger partial charge in [0.25, 0.3) is 0 Å². The Hall–Kier alpha value is -2.20. The summed E-state index contributed by atoms with van der Waals surface area (Å²) < 4.78 is 16.6. The number of hydrogen-bond donors (Lipinski definition) is 1. The topological polar surface area (TPSA) is 39.7 Å². The van der Waals surface area contributed by atoms with Crippen molar-refractivity contribution in [2.75, 3.05) is 6.79 Å². The lowest BCUT2D eigenvalue weighted by Gasteiger charge is -2.16. The van der Waals surface area contributed by atoms with E-state index in [1.807, 2.05) is 30.3 Å². The molecule has 1 aliphatic heterocycles. The van der Waals surface area contributed by atoms with E-state index in [2.05, 4.69) is 17.4 Å². The van der Waals surface area contributed by atoms with Gasteiger partial charge in [0, 0.05) is 18.7 Å². The molecule has 1 fully saturated rings. The van der Waals surface area contributed by atoms with E-state index in [0.29, 0.717) is 6.04 Å². The Balaban J connectivity index is 1.32. The highest BCUT2D eigenvalue weighted by Gasteiger charge is 2.14. The molecular weight excluding hydrogens is 314 g/mol. The maximum absolute atomic E-state index is 5.91. The Kier molecular flexibility index (Phi) is 5.07. The zero-order valence-electron chi connectivity index (χ0n) is 14.5. The van der Waals surface area contributed by atoms with Crippen LogP contribution in [0.15, 0.2) is 42.5 Å². The summed E-state index contributed by atoms with van der Waals surface area (Å²) in [6.07, 6.45) is 8.13. The molecular formula is C21H25NO3. The van der Waals surface area contributed by atoms with Gasteiger partial charge in [-0.25, -0.2) is 0 Å². The third-order valence-corrected chi connectivity index (χ3v) is 4.95. The van der Waals surface area contributed by atoms with E-state index in [1.165, 1.54) is 44.1 Å². The van der Waals surface area contributed by atoms with Crippen LogP contribution >= 0.6 is 0 Å². The van der Waals surface area contributed by atoms with Gasteiger partial charge in [0.1, 0.15) is 11.5 Å². The van der Waals surface area contributed by atoms with Crippen LogP contribution in [0.25, 0.3) is 0 Å². The fourth-order valence-corrected chi connectivity index (χ4v) is 3.50. The monoisotopic (exact) mass is 339 g/mol. The molecule has 2 aromatic carbocycles. The van der Waals surface area contributed by atoms with E-state index >= 15 is 0 Å². The zero-order chi connectivity index (χ0) is 16.9. The van der Waals surface area contributed by atoms with Gasteiger partial charge in [0.2, 0.25) is 6.79 Å². The van der Waals surface area contributed by atoms with Crippen LogP contribution in [0.5, 0.6) is 23.0 Å². The first kappa shape index (κ1) is 16.3. The summed E-state index contributed by atoms with van der Waals surface area (Å²) in [6, 6.07) is 14.6. The first-order chi connectivity index (χ1) is 12.4. The van der Waals surface area contributed by atoms with Gasteiger partial charge in [-0.3, -0.25) is 0 Å². The van der Waals surface area contributed by atoms with Crippen molar-refractivity contribution in [1.29, 1.82) is 0 Å². The Morgan fingerprint density at radius 3 is 2.36 bits per heavy atom. The third-order valence-electron chi connectivity index (χ3n) is 4.95. The van der Waals surface area contributed by atoms with E-state index in [9.17, 15) is 0 Å². The molecule has 4 heteroatoms. The van der Waals surface area contributed by atoms with Gasteiger partial charge in [0.05, 0.1) is 0 Å². The van der Waals surface area contributed by atoms with Crippen molar-refractivity contribution in [3.63, 3.8) is 0 Å². The van der Waals surface area contributed by atoms with E-state index in [4.69, 9.17) is 14.2 Å². The normalized spacial score (nSPS) is 17.3. The van der Waals surface area contributed by atoms with Crippen LogP contribution in [-0.2, 0) is 6.54 Å². The fourth-order valence-electron chi connectivity index (χ4n) is 3.50. The summed E-state index contributed by atoms with van der Waals surface area (Å²) in [5.41, 5.74) is 1.29. The maximum Gasteiger partial charge on any atom is 0.231 e. The van der Waals surface area contributed by atoms with Gasteiger partial charge >= 0.3 is 0 Å². The molecule has 25 heavy (non-hydrogen) atoms. The SMILES string of the molecule is c1cc(Oc2ccc3c(c2)OCO3)ccc1CNC1CCCCCC1. The lowest BCUT2D eigenvalue weighted by atomic mass is 10.1. The quantitative estimate of drug-likeness (QED) is 0.777. The molecule has 0 amide bonds. The smallest absolute Gasteiger partial charge is 0.231 e. The molecule has 1 heterocycles. The predicted molar refractivity (Wildman–Crippen MR) is 97.4 cm³/mol. The highest BCUT2D eigenvalue weighted by molar-refractivity contribution is 5.48. The second kappa shape index (κ2) is 7.79. The Bertz CT molecular complexity index is 691. The van der Waals surface area contributed by atoms with Crippen molar-refractivity contribution in [1.82, 2.24) is 5.32 Å². The summed E-state index contributed by atoms with van der Waals surface area (Å²) >= 11 is 0. The Morgan fingerprint density at radius 1 is 0.840 bits per heavy atom. The lowest BCUT2D eigenvalue weighted by Crippen LogP contribution is -2.27. The summed E-state index contributed by atoms with van der Waals surface area (Å²) in [5, 5.41) is 3.70. The molecule has 1 saturated carbocycles. The molecule has 4 nitrogen and oxygen atoms in total. The van der Waals surface area contributed by atoms with Crippen LogP contribution in [0.2, 0.25) is 0 Å². The van der Waals surface area contributed by atoms with E-state index in [0.717, 1.165) is 29.5 Å². The summed E-state index contributed by atoms with van der Waals surface area (Å²) in [6.45, 7) is 1.20. The minimum Gasteiger partial charge on any atom is -0.457 e. The van der Waals surface area contributed by atoms with Gasteiger partial charge in [-0.15, -0.1) is 0 Å². The van der Waals surface area contributed by atoms with Crippen molar-refractivity contribution >= 4 is 0 Å². The van der Waals surface area contributed by atoms with Crippen LogP contribution in [0, 0.1) is 0 Å². The molecule has 0 atom stereocenters. The zero-order valence-corrected chi connectivity index (χ0v) is 14.5. The minimum atomic E-state index is 0.279. The number of nitrogens with one attached hydrogen (secondary N) is 1. The molecule has 0 radical (unpaired) electrons. The Morgan fingerprint density at radius 2 is 1.56 bits per heavy atom. The van der Waals surface area contributed by atoms with Crippen molar-refractivity contribution < 1.29 is 14.2 Å². The van der Waals surface area contributed by atoms with E-state index in [1.54, 1.807) is 0 Å². The third kappa shape index (κ3) is 4.26. The van der Waals surface area contributed by atoms with E-state index in [-0.39, 0.29) is 6.79 Å². The van der Waals surface area contributed by atoms with Gasteiger partial charge in [-0.1, -0.05) is 37.8 Å². The molecule has 132 valence electrons. The molecule has 2 aromatic rings. The first-order valence-corrected chi connectivity index (χ1v) is 9.27. The first-order valence-electron chi connectivity index (χ1n) is 9.27. The van der Waals surface area contributed by atoms with Crippen molar-refractivity contribution in [2.45, 2.75) is 51.1 Å². The molecule has 0 aromatic heterocycles. The van der Waals surface area contributed by atoms with Crippen molar-refractivity contribution in [2.24, 2.45) is 0 Å². The second-order valence-corrected chi connectivity index (χ2v) is 6.83. The average Bonchev–Trinajstić information content (AvgIpc) is 2.95. The van der Waals surface area contributed by atoms with Crippen LogP contribution in [0.4, 0.5) is 0 Å². The number of ether oxygens (including phenoxy) is 3. The van der Waals surface area contributed by atoms with Gasteiger partial charge in [-0.2, -0.15) is 0 Å². The molecule has 4 rings (SSSR count). The van der Waals surface area contributed by atoms with Gasteiger partial charge in [0.15, 0.2) is 11.5 Å². The molecule has 0 spiro atoms. The van der Waals surface area contributed by atoms with Crippen molar-refractivity contribution in [3.05, 3.63) is 48.0 Å². The highest BCUT2D eigenvalue weighted by Crippen LogP contribution is 2.36. The summed E-state index contributed by atoms with van der Waals surface area (Å²) in [5.74, 6) is 3.10. The average molecular weight is 339 g/mol. The number of rotatable bonds is 5. The fraction of sp³-hybridized carbons (Fsp3) is 0.429. The van der Waals surface area contributed by atoms with Crippen LogP contribution in [-0.4, -0.2) is 12.8 Å². The van der Waals surface area contributed by atoms with Gasteiger partial charge < -0.3 is 19.5 Å². The molecule has 1 N–H and O–H groups in total. The second-order valence-electron chi connectivity index (χ2n) is 6.83. The van der Waals surface area contributed by atoms with Crippen molar-refractivity contribution in [3.8, 4) is 23.0 Å². The number of benzene rings is 2. The van der Waals surface area contributed by atoms with Crippen LogP contribution in [0.3, 0.4) is 0 Å². The lowest BCUT2D eigenvalue weighted by molar-refractivity contribution is 0.174. The van der Waals surface area contributed by atoms with Gasteiger partial charge in [-0.05, 0) is 42.7 Å². The van der Waals surface area contributed by atoms with Crippen LogP contribution < -0.4 is 19.5 Å². The summed E-state index contributed by atoms with van der Waals surface area (Å²) in [4.78, 5) is 0. The summed E-state index contributed by atoms with van der Waals surface area (Å²) in [7, 11) is 0. The molecule has 2 aliphatic rings. The number of hydrogen-bond acceptors (Lipinski definition) is 4. The maximum atomic E-state index is 5.91. The predicted octanol–water partition coefficient (Wildman–Crippen LogP) is 5.02. The Labute approximate surface area is 149 Å². The minimum absolute atomic E-state index is 0.279. The number of fused-ring (bicyclic) bond motifs is 1. The molecule has 0 unspecified atom stereocenters. The largest absolute Gasteiger partial charge is 0.457 e. The molecule has 1 aliphatic carbocycles. The standard InChI is InChI=1S/C21H25NO3/c1-2-4-6-17(5-3-1)22-14-16-7-9-18(10-8-16)25-19-11-12-20-21(13-19)24-15-23-20/h7-13,17,22H,1-6,14-15H2. The molecule has 0 bridgehead atoms. The van der Waals surface area contributed by atoms with E-state index < -0.39 is 0 Å². The molecule has 0 saturated heterocycles. The van der Waals surface area contributed by atoms with Crippen LogP contribution in [0.1, 0.15) is 44.1 Å². The highest BCUT2D eigenvalue weighted by atomic mass is 16.7.